The van der Waals surface area contributed by atoms with E-state index >= 15 is 0 Å². The number of carbonyl (C=O) groups is 1. The van der Waals surface area contributed by atoms with Crippen LogP contribution in [0.4, 0.5) is 19.1 Å². The molecule has 0 unspecified atom stereocenters. The van der Waals surface area contributed by atoms with Crippen LogP contribution in [-0.2, 0) is 21.8 Å². The topological polar surface area (TPSA) is 134 Å². The van der Waals surface area contributed by atoms with Crippen LogP contribution in [-0.4, -0.2) is 57.1 Å². The summed E-state index contributed by atoms with van der Waals surface area (Å²) in [6.07, 6.45) is -1.29. The largest absolute Gasteiger partial charge is 0.496 e. The molecule has 1 aromatic heterocycles. The molecule has 1 saturated carbocycles. The van der Waals surface area contributed by atoms with Gasteiger partial charge in [-0.2, -0.15) is 26.3 Å². The first kappa shape index (κ1) is 31.2. The summed E-state index contributed by atoms with van der Waals surface area (Å²) >= 11 is 0. The normalized spacial score (nSPS) is 19.2. The second-order valence-corrected chi connectivity index (χ2v) is 11.5. The maximum atomic E-state index is 13.0. The molecule has 4 N–H and O–H groups in total. The number of nitrogens with zero attached hydrogens (tertiary/aromatic N) is 2. The molecule has 0 saturated heterocycles. The van der Waals surface area contributed by atoms with Crippen LogP contribution in [0.15, 0.2) is 66.9 Å². The number of nitrogens with one attached hydrogen (secondary N) is 4. The summed E-state index contributed by atoms with van der Waals surface area (Å²) in [5.41, 5.74) is 0.0198. The lowest BCUT2D eigenvalue weighted by Crippen LogP contribution is -2.49. The Balaban J connectivity index is 1.31. The van der Waals surface area contributed by atoms with E-state index in [4.69, 9.17) is 4.74 Å². The van der Waals surface area contributed by atoms with Gasteiger partial charge >= 0.3 is 6.18 Å². The predicted molar refractivity (Wildman–Crippen MR) is 151 cm³/mol. The van der Waals surface area contributed by atoms with Crippen molar-refractivity contribution in [2.24, 2.45) is 0 Å². The quantitative estimate of drug-likeness (QED) is 0.231. The number of anilines is 1. The van der Waals surface area contributed by atoms with Crippen LogP contribution in [0.2, 0.25) is 0 Å². The molecule has 226 valence electrons. The monoisotopic (exact) mass is 606 g/mol. The summed E-state index contributed by atoms with van der Waals surface area (Å²) in [6.45, 7) is 0.259. The molecule has 4 rings (SSSR count). The highest BCUT2D eigenvalue weighted by Crippen LogP contribution is 2.39. The van der Waals surface area contributed by atoms with E-state index in [1.54, 1.807) is 24.3 Å². The number of alkyl halides is 3. The molecule has 0 spiro atoms. The third kappa shape index (κ3) is 8.17. The summed E-state index contributed by atoms with van der Waals surface area (Å²) in [5, 5.41) is 5.64. The van der Waals surface area contributed by atoms with Gasteiger partial charge in [-0.1, -0.05) is 42.5 Å². The van der Waals surface area contributed by atoms with Crippen molar-refractivity contribution in [1.29, 1.82) is 0 Å². The molecule has 10 nitrogen and oxygen atoms in total. The van der Waals surface area contributed by atoms with Gasteiger partial charge in [0.15, 0.2) is 0 Å². The molecule has 1 fully saturated rings. The molecule has 0 atom stereocenters. The van der Waals surface area contributed by atoms with E-state index in [9.17, 15) is 26.4 Å². The first-order valence-electron chi connectivity index (χ1n) is 13.4. The first-order valence-corrected chi connectivity index (χ1v) is 14.9. The average molecular weight is 607 g/mol. The fraction of sp³-hybridized carbons (Fsp3) is 0.393. The van der Waals surface area contributed by atoms with Crippen molar-refractivity contribution in [3.05, 3.63) is 83.7 Å². The maximum Gasteiger partial charge on any atom is 0.433 e. The number of aromatic nitrogens is 2. The molecule has 42 heavy (non-hydrogen) atoms. The number of hydrogen-bond donors (Lipinski definition) is 4. The number of hydrogen-bond acceptors (Lipinski definition) is 7. The Morgan fingerprint density at radius 3 is 2.40 bits per heavy atom. The fourth-order valence-electron chi connectivity index (χ4n) is 5.05. The Kier molecular flexibility index (Phi) is 10.0. The van der Waals surface area contributed by atoms with Crippen LogP contribution in [0, 0.1) is 0 Å². The zero-order chi connectivity index (χ0) is 30.2. The SMILES string of the molecule is COc1ccccc1C(=O)NC[C@]1(c2ccccc2)CC[C@H](NS(=O)(=O)NCCNc2nccc(C(F)(F)F)n2)CC1. The molecule has 1 aliphatic carbocycles. The smallest absolute Gasteiger partial charge is 0.433 e. The standard InChI is InChI=1S/C28H33F3N6O4S/c1-41-23-10-6-5-9-22(23)25(38)34-19-27(20-7-3-2-4-8-20)14-11-21(12-15-27)37-42(39,40)35-18-17-33-26-32-16-13-24(36-26)28(29,30)31/h2-10,13,16,21,35,37H,11-12,14-15,17-19H2,1H3,(H,34,38)(H,32,33,36)/t21-,27-. The molecule has 1 amide bonds. The van der Waals surface area contributed by atoms with Crippen molar-refractivity contribution in [2.75, 3.05) is 32.1 Å². The lowest BCUT2D eigenvalue weighted by atomic mass is 9.68. The van der Waals surface area contributed by atoms with Crippen LogP contribution in [0.5, 0.6) is 5.75 Å². The lowest BCUT2D eigenvalue weighted by molar-refractivity contribution is -0.141. The molecule has 3 aromatic rings. The van der Waals surface area contributed by atoms with E-state index in [0.29, 0.717) is 43.5 Å². The van der Waals surface area contributed by atoms with Crippen molar-refractivity contribution in [3.8, 4) is 5.75 Å². The van der Waals surface area contributed by atoms with Gasteiger partial charge in [-0.3, -0.25) is 4.79 Å². The first-order chi connectivity index (χ1) is 20.0. The maximum absolute atomic E-state index is 13.0. The number of para-hydroxylation sites is 1. The van der Waals surface area contributed by atoms with Crippen LogP contribution in [0.25, 0.3) is 0 Å². The van der Waals surface area contributed by atoms with Crippen LogP contribution in [0.1, 0.15) is 47.3 Å². The van der Waals surface area contributed by atoms with Crippen LogP contribution in [0.3, 0.4) is 0 Å². The van der Waals surface area contributed by atoms with E-state index in [0.717, 1.165) is 17.8 Å². The predicted octanol–water partition coefficient (Wildman–Crippen LogP) is 3.65. The zero-order valence-corrected chi connectivity index (χ0v) is 23.8. The zero-order valence-electron chi connectivity index (χ0n) is 22.9. The Morgan fingerprint density at radius 2 is 1.71 bits per heavy atom. The average Bonchev–Trinajstić information content (AvgIpc) is 2.99. The molecule has 14 heteroatoms. The number of halogens is 3. The Morgan fingerprint density at radius 1 is 1.02 bits per heavy atom. The van der Waals surface area contributed by atoms with Crippen molar-refractivity contribution in [3.63, 3.8) is 0 Å². The van der Waals surface area contributed by atoms with E-state index < -0.39 is 22.1 Å². The highest BCUT2D eigenvalue weighted by molar-refractivity contribution is 7.87. The molecular weight excluding hydrogens is 573 g/mol. The minimum Gasteiger partial charge on any atom is -0.496 e. The van der Waals surface area contributed by atoms with Gasteiger partial charge in [-0.25, -0.2) is 14.7 Å². The number of rotatable bonds is 12. The van der Waals surface area contributed by atoms with Crippen molar-refractivity contribution in [1.82, 2.24) is 24.7 Å². The minimum absolute atomic E-state index is 0.0180. The van der Waals surface area contributed by atoms with E-state index in [-0.39, 0.29) is 36.4 Å². The van der Waals surface area contributed by atoms with E-state index in [2.05, 4.69) is 30.0 Å². The highest BCUT2D eigenvalue weighted by Gasteiger charge is 2.38. The Bertz CT molecular complexity index is 1450. The number of benzene rings is 2. The second kappa shape index (κ2) is 13.5. The minimum atomic E-state index is -4.61. The number of amides is 1. The van der Waals surface area contributed by atoms with Crippen molar-refractivity contribution >= 4 is 22.1 Å². The van der Waals surface area contributed by atoms with E-state index in [1.165, 1.54) is 7.11 Å². The van der Waals surface area contributed by atoms with Gasteiger partial charge in [0.1, 0.15) is 11.4 Å². The lowest BCUT2D eigenvalue weighted by Gasteiger charge is -2.41. The van der Waals surface area contributed by atoms with Gasteiger partial charge in [0, 0.05) is 37.3 Å². The molecule has 1 heterocycles. The van der Waals surface area contributed by atoms with Gasteiger partial charge < -0.3 is 15.4 Å². The number of ether oxygens (including phenoxy) is 1. The summed E-state index contributed by atoms with van der Waals surface area (Å²) in [6, 6.07) is 17.2. The third-order valence-electron chi connectivity index (χ3n) is 7.24. The fourth-order valence-corrected chi connectivity index (χ4v) is 6.18. The number of carbonyl (C=O) groups excluding carboxylic acids is 1. The second-order valence-electron chi connectivity index (χ2n) is 10.0. The Hall–Kier alpha value is -3.75. The van der Waals surface area contributed by atoms with Crippen molar-refractivity contribution in [2.45, 2.75) is 43.3 Å². The van der Waals surface area contributed by atoms with Gasteiger partial charge in [0.2, 0.25) is 5.95 Å². The van der Waals surface area contributed by atoms with Crippen LogP contribution < -0.4 is 24.8 Å². The van der Waals surface area contributed by atoms with Gasteiger partial charge in [-0.15, -0.1) is 0 Å². The highest BCUT2D eigenvalue weighted by atomic mass is 32.2. The summed E-state index contributed by atoms with van der Waals surface area (Å²) < 4.78 is 74.1. The molecular formula is C28H33F3N6O4S. The summed E-state index contributed by atoms with van der Waals surface area (Å²) in [5.74, 6) is -0.0230. The molecule has 0 aliphatic heterocycles. The molecule has 0 bridgehead atoms. The van der Waals surface area contributed by atoms with Crippen LogP contribution >= 0.6 is 0 Å². The summed E-state index contributed by atoms with van der Waals surface area (Å²) in [4.78, 5) is 20.1. The van der Waals surface area contributed by atoms with Gasteiger partial charge in [-0.05, 0) is 49.4 Å². The Labute approximate surface area is 242 Å². The van der Waals surface area contributed by atoms with Gasteiger partial charge in [0.25, 0.3) is 16.1 Å². The molecule has 2 aromatic carbocycles. The molecule has 0 radical (unpaired) electrons. The molecule has 1 aliphatic rings. The van der Waals surface area contributed by atoms with Crippen molar-refractivity contribution < 1.29 is 31.1 Å². The third-order valence-corrected chi connectivity index (χ3v) is 8.46. The number of methoxy groups -OCH3 is 1. The summed E-state index contributed by atoms with van der Waals surface area (Å²) in [7, 11) is -2.37. The van der Waals surface area contributed by atoms with Gasteiger partial charge in [0.05, 0.1) is 12.7 Å². The van der Waals surface area contributed by atoms with E-state index in [1.807, 2.05) is 30.3 Å².